The maximum absolute atomic E-state index is 5.37. The molecule has 1 aliphatic rings. The van der Waals surface area contributed by atoms with Gasteiger partial charge >= 0.3 is 0 Å². The minimum absolute atomic E-state index is 0.638. The van der Waals surface area contributed by atoms with Crippen molar-refractivity contribution in [2.45, 2.75) is 26.3 Å². The standard InChI is InChI=1S/C17H23N5O/c1-13-7-9-22(10-8-13)17-20-16(12-19-21-17)18-11-14-5-3-4-6-15(14)23-2/h3-6,12-13H,7-11H2,1-2H3,(H,18,20,21). The molecule has 6 heteroatoms. The number of benzene rings is 1. The van der Waals surface area contributed by atoms with Crippen LogP contribution in [0, 0.1) is 5.92 Å². The molecular weight excluding hydrogens is 290 g/mol. The summed E-state index contributed by atoms with van der Waals surface area (Å²) in [4.78, 5) is 6.80. The predicted molar refractivity (Wildman–Crippen MR) is 90.8 cm³/mol. The SMILES string of the molecule is COc1ccccc1CNc1cnnc(N2CCC(C)CC2)n1. The Morgan fingerprint density at radius 1 is 1.26 bits per heavy atom. The molecule has 0 saturated carbocycles. The molecule has 2 heterocycles. The average molecular weight is 313 g/mol. The van der Waals surface area contributed by atoms with Crippen molar-refractivity contribution in [1.29, 1.82) is 0 Å². The number of para-hydroxylation sites is 1. The normalized spacial score (nSPS) is 15.5. The van der Waals surface area contributed by atoms with Gasteiger partial charge < -0.3 is 15.0 Å². The van der Waals surface area contributed by atoms with E-state index in [9.17, 15) is 0 Å². The summed E-state index contributed by atoms with van der Waals surface area (Å²) >= 11 is 0. The zero-order valence-corrected chi connectivity index (χ0v) is 13.7. The van der Waals surface area contributed by atoms with E-state index in [4.69, 9.17) is 4.74 Å². The highest BCUT2D eigenvalue weighted by Gasteiger charge is 2.18. The molecule has 1 saturated heterocycles. The molecule has 6 nitrogen and oxygen atoms in total. The Kier molecular flexibility index (Phi) is 4.90. The van der Waals surface area contributed by atoms with Crippen molar-refractivity contribution in [2.75, 3.05) is 30.4 Å². The zero-order valence-electron chi connectivity index (χ0n) is 13.7. The smallest absolute Gasteiger partial charge is 0.247 e. The van der Waals surface area contributed by atoms with Crippen LogP contribution in [-0.4, -0.2) is 35.4 Å². The third kappa shape index (κ3) is 3.88. The van der Waals surface area contributed by atoms with Crippen LogP contribution in [0.5, 0.6) is 5.75 Å². The largest absolute Gasteiger partial charge is 0.496 e. The van der Waals surface area contributed by atoms with Gasteiger partial charge in [-0.05, 0) is 24.8 Å². The second-order valence-corrected chi connectivity index (χ2v) is 5.98. The van der Waals surface area contributed by atoms with Gasteiger partial charge in [-0.25, -0.2) is 0 Å². The highest BCUT2D eigenvalue weighted by Crippen LogP contribution is 2.21. The van der Waals surface area contributed by atoms with Crippen LogP contribution in [0.25, 0.3) is 0 Å². The number of rotatable bonds is 5. The summed E-state index contributed by atoms with van der Waals surface area (Å²) in [6.07, 6.45) is 4.02. The minimum atomic E-state index is 0.638. The Labute approximate surface area is 136 Å². The summed E-state index contributed by atoms with van der Waals surface area (Å²) in [5, 5.41) is 11.6. The summed E-state index contributed by atoms with van der Waals surface area (Å²) in [5.74, 6) is 3.10. The van der Waals surface area contributed by atoms with Crippen LogP contribution < -0.4 is 15.0 Å². The Morgan fingerprint density at radius 3 is 2.83 bits per heavy atom. The van der Waals surface area contributed by atoms with E-state index in [1.165, 1.54) is 12.8 Å². The summed E-state index contributed by atoms with van der Waals surface area (Å²) < 4.78 is 5.37. The molecule has 1 aliphatic heterocycles. The second kappa shape index (κ2) is 7.26. The van der Waals surface area contributed by atoms with Gasteiger partial charge in [0.15, 0.2) is 5.82 Å². The molecule has 1 aromatic heterocycles. The van der Waals surface area contributed by atoms with Gasteiger partial charge in [0.05, 0.1) is 13.3 Å². The number of piperidine rings is 1. The fourth-order valence-corrected chi connectivity index (χ4v) is 2.76. The number of hydrogen-bond acceptors (Lipinski definition) is 6. The molecule has 1 N–H and O–H groups in total. The molecule has 0 atom stereocenters. The van der Waals surface area contributed by atoms with Crippen LogP contribution in [0.3, 0.4) is 0 Å². The molecule has 23 heavy (non-hydrogen) atoms. The first-order valence-electron chi connectivity index (χ1n) is 8.06. The summed E-state index contributed by atoms with van der Waals surface area (Å²) in [5.41, 5.74) is 1.09. The number of methoxy groups -OCH3 is 1. The summed E-state index contributed by atoms with van der Waals surface area (Å²) in [6, 6.07) is 7.95. The van der Waals surface area contributed by atoms with Crippen LogP contribution in [0.1, 0.15) is 25.3 Å². The molecule has 3 rings (SSSR count). The van der Waals surface area contributed by atoms with Gasteiger partial charge in [0, 0.05) is 25.2 Å². The van der Waals surface area contributed by atoms with Gasteiger partial charge in [-0.3, -0.25) is 0 Å². The number of hydrogen-bond donors (Lipinski definition) is 1. The number of anilines is 2. The fourth-order valence-electron chi connectivity index (χ4n) is 2.76. The monoisotopic (exact) mass is 313 g/mol. The number of aromatic nitrogens is 3. The average Bonchev–Trinajstić information content (AvgIpc) is 2.61. The highest BCUT2D eigenvalue weighted by atomic mass is 16.5. The van der Waals surface area contributed by atoms with E-state index in [1.807, 2.05) is 24.3 Å². The predicted octanol–water partition coefficient (Wildman–Crippen LogP) is 2.73. The molecule has 2 aromatic rings. The molecule has 122 valence electrons. The van der Waals surface area contributed by atoms with E-state index in [2.05, 4.69) is 32.3 Å². The van der Waals surface area contributed by atoms with Crippen molar-refractivity contribution < 1.29 is 4.74 Å². The van der Waals surface area contributed by atoms with Gasteiger partial charge in [-0.1, -0.05) is 25.1 Å². The number of ether oxygens (including phenoxy) is 1. The topological polar surface area (TPSA) is 63.2 Å². The molecule has 1 fully saturated rings. The molecular formula is C17H23N5O. The van der Waals surface area contributed by atoms with E-state index in [0.717, 1.165) is 36.1 Å². The van der Waals surface area contributed by atoms with Gasteiger partial charge in [0.2, 0.25) is 5.95 Å². The van der Waals surface area contributed by atoms with Crippen molar-refractivity contribution in [3.8, 4) is 5.75 Å². The molecule has 0 radical (unpaired) electrons. The maximum Gasteiger partial charge on any atom is 0.247 e. The molecule has 0 unspecified atom stereocenters. The Hall–Kier alpha value is -2.37. The van der Waals surface area contributed by atoms with Gasteiger partial charge in [-0.2, -0.15) is 10.1 Å². The summed E-state index contributed by atoms with van der Waals surface area (Å²) in [7, 11) is 1.68. The lowest BCUT2D eigenvalue weighted by Gasteiger charge is -2.29. The highest BCUT2D eigenvalue weighted by molar-refractivity contribution is 5.42. The van der Waals surface area contributed by atoms with Crippen LogP contribution in [0.2, 0.25) is 0 Å². The van der Waals surface area contributed by atoms with Crippen LogP contribution in [0.4, 0.5) is 11.8 Å². The maximum atomic E-state index is 5.37. The van der Waals surface area contributed by atoms with E-state index in [0.29, 0.717) is 12.5 Å². The molecule has 0 bridgehead atoms. The Bertz CT molecular complexity index is 640. The van der Waals surface area contributed by atoms with Crippen molar-refractivity contribution in [3.63, 3.8) is 0 Å². The van der Waals surface area contributed by atoms with Crippen molar-refractivity contribution >= 4 is 11.8 Å². The molecule has 0 spiro atoms. The van der Waals surface area contributed by atoms with Crippen molar-refractivity contribution in [2.24, 2.45) is 5.92 Å². The first kappa shape index (κ1) is 15.5. The van der Waals surface area contributed by atoms with Gasteiger partial charge in [-0.15, -0.1) is 5.10 Å². The van der Waals surface area contributed by atoms with E-state index < -0.39 is 0 Å². The van der Waals surface area contributed by atoms with Gasteiger partial charge in [0.1, 0.15) is 5.75 Å². The van der Waals surface area contributed by atoms with E-state index >= 15 is 0 Å². The lowest BCUT2D eigenvalue weighted by molar-refractivity contribution is 0.410. The van der Waals surface area contributed by atoms with Crippen molar-refractivity contribution in [3.05, 3.63) is 36.0 Å². The number of nitrogens with zero attached hydrogens (tertiary/aromatic N) is 4. The third-order valence-electron chi connectivity index (χ3n) is 4.27. The second-order valence-electron chi connectivity index (χ2n) is 5.98. The van der Waals surface area contributed by atoms with Crippen LogP contribution in [0.15, 0.2) is 30.5 Å². The van der Waals surface area contributed by atoms with E-state index in [1.54, 1.807) is 13.3 Å². The first-order valence-corrected chi connectivity index (χ1v) is 8.06. The van der Waals surface area contributed by atoms with Crippen molar-refractivity contribution in [1.82, 2.24) is 15.2 Å². The Morgan fingerprint density at radius 2 is 2.04 bits per heavy atom. The lowest BCUT2D eigenvalue weighted by Crippen LogP contribution is -2.34. The van der Waals surface area contributed by atoms with Gasteiger partial charge in [0.25, 0.3) is 0 Å². The van der Waals surface area contributed by atoms with Crippen LogP contribution >= 0.6 is 0 Å². The first-order chi connectivity index (χ1) is 11.3. The summed E-state index contributed by atoms with van der Waals surface area (Å²) in [6.45, 7) is 4.93. The quantitative estimate of drug-likeness (QED) is 0.916. The molecule has 0 aliphatic carbocycles. The molecule has 1 aromatic carbocycles. The fraction of sp³-hybridized carbons (Fsp3) is 0.471. The zero-order chi connectivity index (χ0) is 16.1. The van der Waals surface area contributed by atoms with Crippen LogP contribution in [-0.2, 0) is 6.54 Å². The molecule has 0 amide bonds. The minimum Gasteiger partial charge on any atom is -0.496 e. The number of nitrogens with one attached hydrogen (secondary N) is 1. The third-order valence-corrected chi connectivity index (χ3v) is 4.27. The Balaban J connectivity index is 1.66. The lowest BCUT2D eigenvalue weighted by atomic mass is 10.00. The van der Waals surface area contributed by atoms with E-state index in [-0.39, 0.29) is 0 Å².